The zero-order valence-corrected chi connectivity index (χ0v) is 14.4. The molecule has 0 spiro atoms. The molecule has 0 fully saturated rings. The number of amides is 1. The van der Waals surface area contributed by atoms with Crippen LogP contribution in [0.4, 0.5) is 0 Å². The van der Waals surface area contributed by atoms with Crippen molar-refractivity contribution in [1.29, 1.82) is 0 Å². The first kappa shape index (κ1) is 16.1. The maximum Gasteiger partial charge on any atom is 0.253 e. The van der Waals surface area contributed by atoms with Crippen molar-refractivity contribution in [2.45, 2.75) is 19.8 Å². The zero-order valence-electron chi connectivity index (χ0n) is 14.4. The number of carbonyl (C=O) groups excluding carboxylic acids is 1. The van der Waals surface area contributed by atoms with Crippen molar-refractivity contribution in [3.8, 4) is 0 Å². The van der Waals surface area contributed by atoms with Gasteiger partial charge in [0.1, 0.15) is 6.33 Å². The summed E-state index contributed by atoms with van der Waals surface area (Å²) in [7, 11) is 0. The molecule has 1 N–H and O–H groups in total. The Hall–Kier alpha value is -3.35. The maximum absolute atomic E-state index is 12.5. The van der Waals surface area contributed by atoms with E-state index < -0.39 is 0 Å². The minimum absolute atomic E-state index is 0.0986. The maximum atomic E-state index is 12.5. The second-order valence-corrected chi connectivity index (χ2v) is 6.16. The third-order valence-corrected chi connectivity index (χ3v) is 4.22. The van der Waals surface area contributed by atoms with Gasteiger partial charge < -0.3 is 5.32 Å². The van der Waals surface area contributed by atoms with Crippen LogP contribution >= 0.6 is 0 Å². The summed E-state index contributed by atoms with van der Waals surface area (Å²) in [5, 5.41) is 8.02. The Morgan fingerprint density at radius 2 is 2.12 bits per heavy atom. The molecular weight excluding hydrogens is 328 g/mol. The first-order valence-corrected chi connectivity index (χ1v) is 8.49. The Kier molecular flexibility index (Phi) is 4.27. The van der Waals surface area contributed by atoms with Gasteiger partial charge in [-0.2, -0.15) is 10.1 Å². The van der Waals surface area contributed by atoms with Gasteiger partial charge in [-0.25, -0.2) is 9.50 Å². The lowest BCUT2D eigenvalue weighted by molar-refractivity contribution is 0.0954. The smallest absolute Gasteiger partial charge is 0.253 e. The fourth-order valence-corrected chi connectivity index (χ4v) is 2.91. The lowest BCUT2D eigenvalue weighted by atomic mass is 10.1. The van der Waals surface area contributed by atoms with Gasteiger partial charge in [0.15, 0.2) is 0 Å². The number of para-hydroxylation sites is 1. The highest BCUT2D eigenvalue weighted by molar-refractivity contribution is 6.05. The van der Waals surface area contributed by atoms with Gasteiger partial charge in [-0.05, 0) is 37.5 Å². The summed E-state index contributed by atoms with van der Waals surface area (Å²) in [5.41, 5.74) is 3.30. The molecule has 3 heterocycles. The molecule has 26 heavy (non-hydrogen) atoms. The molecule has 1 amide bonds. The largest absolute Gasteiger partial charge is 0.352 e. The van der Waals surface area contributed by atoms with Gasteiger partial charge in [0.05, 0.1) is 11.1 Å². The minimum atomic E-state index is -0.0986. The summed E-state index contributed by atoms with van der Waals surface area (Å²) in [4.78, 5) is 25.3. The first-order valence-electron chi connectivity index (χ1n) is 8.49. The van der Waals surface area contributed by atoms with E-state index in [2.05, 4.69) is 25.4 Å². The van der Waals surface area contributed by atoms with Crippen molar-refractivity contribution in [2.24, 2.45) is 0 Å². The number of pyridine rings is 1. The molecule has 0 aliphatic heterocycles. The molecule has 0 saturated carbocycles. The van der Waals surface area contributed by atoms with Gasteiger partial charge in [-0.3, -0.25) is 9.78 Å². The first-order chi connectivity index (χ1) is 12.7. The molecule has 0 aliphatic carbocycles. The van der Waals surface area contributed by atoms with Crippen molar-refractivity contribution in [2.75, 3.05) is 6.54 Å². The molecule has 7 nitrogen and oxygen atoms in total. The molecular formula is C19H18N6O. The number of rotatable bonds is 5. The molecule has 0 atom stereocenters. The second-order valence-electron chi connectivity index (χ2n) is 6.16. The molecule has 0 unspecified atom stereocenters. The van der Waals surface area contributed by atoms with Crippen LogP contribution in [0.25, 0.3) is 16.7 Å². The van der Waals surface area contributed by atoms with E-state index in [1.807, 2.05) is 43.5 Å². The average Bonchev–Trinajstić information content (AvgIpc) is 3.12. The minimum Gasteiger partial charge on any atom is -0.352 e. The third-order valence-electron chi connectivity index (χ3n) is 4.22. The normalized spacial score (nSPS) is 11.1. The number of aromatic nitrogens is 5. The molecule has 130 valence electrons. The summed E-state index contributed by atoms with van der Waals surface area (Å²) in [6.45, 7) is 2.50. The van der Waals surface area contributed by atoms with Crippen molar-refractivity contribution < 1.29 is 4.79 Å². The SMILES string of the molecule is Cc1ccc2cccc(C(=O)NCCCc3cnc4ncnn4c3)c2n1. The van der Waals surface area contributed by atoms with Gasteiger partial charge >= 0.3 is 0 Å². The predicted molar refractivity (Wildman–Crippen MR) is 97.9 cm³/mol. The monoisotopic (exact) mass is 346 g/mol. The molecule has 0 aliphatic rings. The van der Waals surface area contributed by atoms with Crippen LogP contribution in [0.2, 0.25) is 0 Å². The average molecular weight is 346 g/mol. The molecule has 3 aromatic heterocycles. The van der Waals surface area contributed by atoms with Crippen LogP contribution in [-0.4, -0.2) is 37.0 Å². The molecule has 0 saturated heterocycles. The van der Waals surface area contributed by atoms with Crippen LogP contribution in [-0.2, 0) is 6.42 Å². The van der Waals surface area contributed by atoms with Crippen LogP contribution in [0.5, 0.6) is 0 Å². The fourth-order valence-electron chi connectivity index (χ4n) is 2.91. The van der Waals surface area contributed by atoms with Crippen LogP contribution in [0.1, 0.15) is 28.0 Å². The van der Waals surface area contributed by atoms with Crippen molar-refractivity contribution in [3.05, 3.63) is 65.9 Å². The lowest BCUT2D eigenvalue weighted by Crippen LogP contribution is -2.25. The number of nitrogens with zero attached hydrogens (tertiary/aromatic N) is 5. The van der Waals surface area contributed by atoms with Crippen molar-refractivity contribution in [3.63, 3.8) is 0 Å². The second kappa shape index (κ2) is 6.87. The van der Waals surface area contributed by atoms with Crippen LogP contribution in [0.3, 0.4) is 0 Å². The number of nitrogens with one attached hydrogen (secondary N) is 1. The topological polar surface area (TPSA) is 85.1 Å². The highest BCUT2D eigenvalue weighted by Gasteiger charge is 2.10. The van der Waals surface area contributed by atoms with Crippen molar-refractivity contribution in [1.82, 2.24) is 29.9 Å². The van der Waals surface area contributed by atoms with Crippen LogP contribution in [0.15, 0.2) is 49.1 Å². The van der Waals surface area contributed by atoms with E-state index in [-0.39, 0.29) is 5.91 Å². The van der Waals surface area contributed by atoms with E-state index in [9.17, 15) is 4.79 Å². The van der Waals surface area contributed by atoms with Crippen LogP contribution < -0.4 is 5.32 Å². The van der Waals surface area contributed by atoms with Gasteiger partial charge in [0, 0.05) is 30.0 Å². The zero-order chi connectivity index (χ0) is 17.9. The van der Waals surface area contributed by atoms with E-state index in [1.54, 1.807) is 10.7 Å². The number of fused-ring (bicyclic) bond motifs is 2. The summed E-state index contributed by atoms with van der Waals surface area (Å²) >= 11 is 0. The molecule has 4 aromatic rings. The Morgan fingerprint density at radius 1 is 1.19 bits per heavy atom. The number of aryl methyl sites for hydroxylation is 2. The number of carbonyl (C=O) groups is 1. The van der Waals surface area contributed by atoms with E-state index in [0.717, 1.165) is 35.0 Å². The van der Waals surface area contributed by atoms with Gasteiger partial charge in [-0.1, -0.05) is 18.2 Å². The highest BCUT2D eigenvalue weighted by Crippen LogP contribution is 2.17. The van der Waals surface area contributed by atoms with E-state index in [0.29, 0.717) is 17.9 Å². The van der Waals surface area contributed by atoms with Gasteiger partial charge in [-0.15, -0.1) is 0 Å². The Labute approximate surface area is 150 Å². The number of hydrogen-bond acceptors (Lipinski definition) is 5. The van der Waals surface area contributed by atoms with E-state index >= 15 is 0 Å². The Bertz CT molecular complexity index is 1090. The summed E-state index contributed by atoms with van der Waals surface area (Å²) < 4.78 is 1.65. The predicted octanol–water partition coefficient (Wildman–Crippen LogP) is 2.34. The Balaban J connectivity index is 1.39. The summed E-state index contributed by atoms with van der Waals surface area (Å²) in [6.07, 6.45) is 6.80. The van der Waals surface area contributed by atoms with E-state index in [4.69, 9.17) is 0 Å². The van der Waals surface area contributed by atoms with Crippen molar-refractivity contribution >= 4 is 22.6 Å². The third kappa shape index (κ3) is 3.23. The van der Waals surface area contributed by atoms with Crippen LogP contribution in [0, 0.1) is 6.92 Å². The lowest BCUT2D eigenvalue weighted by Gasteiger charge is -2.08. The standard InChI is InChI=1S/C19H18N6O/c1-13-7-8-15-5-2-6-16(17(15)24-13)18(26)20-9-3-4-14-10-21-19-22-12-23-25(19)11-14/h2,5-8,10-12H,3-4,9H2,1H3,(H,20,26). The fraction of sp³-hybridized carbons (Fsp3) is 0.211. The molecule has 0 bridgehead atoms. The summed E-state index contributed by atoms with van der Waals surface area (Å²) in [6, 6.07) is 9.59. The highest BCUT2D eigenvalue weighted by atomic mass is 16.1. The molecule has 7 heteroatoms. The molecule has 0 radical (unpaired) electrons. The molecule has 4 rings (SSSR count). The quantitative estimate of drug-likeness (QED) is 0.561. The van der Waals surface area contributed by atoms with Gasteiger partial charge in [0.25, 0.3) is 11.7 Å². The summed E-state index contributed by atoms with van der Waals surface area (Å²) in [5.74, 6) is 0.486. The van der Waals surface area contributed by atoms with Gasteiger partial charge in [0.2, 0.25) is 0 Å². The van der Waals surface area contributed by atoms with E-state index in [1.165, 1.54) is 6.33 Å². The molecule has 1 aromatic carbocycles. The number of hydrogen-bond donors (Lipinski definition) is 1. The number of benzene rings is 1. The Morgan fingerprint density at radius 3 is 3.04 bits per heavy atom.